The molecule has 0 aromatic heterocycles. The quantitative estimate of drug-likeness (QED) is 0.725. The van der Waals surface area contributed by atoms with Crippen LogP contribution in [0.5, 0.6) is 0 Å². The highest BCUT2D eigenvalue weighted by Gasteiger charge is 2.39. The molecule has 2 nitrogen and oxygen atoms in total. The summed E-state index contributed by atoms with van der Waals surface area (Å²) in [6.07, 6.45) is 10.8. The fourth-order valence-electron chi connectivity index (χ4n) is 2.62. The summed E-state index contributed by atoms with van der Waals surface area (Å²) in [7, 11) is 0. The van der Waals surface area contributed by atoms with Crippen molar-refractivity contribution in [2.24, 2.45) is 5.73 Å². The topological polar surface area (TPSA) is 35.2 Å². The van der Waals surface area contributed by atoms with E-state index in [0.29, 0.717) is 6.10 Å². The van der Waals surface area contributed by atoms with Gasteiger partial charge in [-0.3, -0.25) is 0 Å². The van der Waals surface area contributed by atoms with Crippen LogP contribution in [0.4, 0.5) is 0 Å². The van der Waals surface area contributed by atoms with Crippen molar-refractivity contribution in [2.45, 2.75) is 63.1 Å². The molecule has 0 saturated heterocycles. The smallest absolute Gasteiger partial charge is 0.0698 e. The predicted molar refractivity (Wildman–Crippen MR) is 53.6 cm³/mol. The van der Waals surface area contributed by atoms with Crippen molar-refractivity contribution in [2.75, 3.05) is 6.54 Å². The highest BCUT2D eigenvalue weighted by Crippen LogP contribution is 2.41. The van der Waals surface area contributed by atoms with Crippen LogP contribution in [0.1, 0.15) is 51.4 Å². The molecule has 0 heterocycles. The highest BCUT2D eigenvalue weighted by molar-refractivity contribution is 4.91. The number of nitrogens with two attached hydrogens (primary N) is 1. The molecule has 0 radical (unpaired) electrons. The van der Waals surface area contributed by atoms with Crippen LogP contribution in [0.15, 0.2) is 0 Å². The molecule has 2 aliphatic carbocycles. The standard InChI is InChI=1S/C11H21NO/c12-9-8-11(6-3-7-11)13-10-4-1-2-5-10/h10H,1-9,12H2. The van der Waals surface area contributed by atoms with Gasteiger partial charge in [-0.05, 0) is 45.1 Å². The Balaban J connectivity index is 1.82. The molecule has 2 rings (SSSR count). The molecule has 2 fully saturated rings. The number of rotatable bonds is 4. The first kappa shape index (κ1) is 9.47. The van der Waals surface area contributed by atoms with Gasteiger partial charge < -0.3 is 10.5 Å². The third kappa shape index (κ3) is 2.05. The molecule has 0 unspecified atom stereocenters. The van der Waals surface area contributed by atoms with Crippen molar-refractivity contribution in [1.82, 2.24) is 0 Å². The van der Waals surface area contributed by atoms with Crippen LogP contribution in [-0.4, -0.2) is 18.2 Å². The van der Waals surface area contributed by atoms with E-state index < -0.39 is 0 Å². The Morgan fingerprint density at radius 1 is 1.15 bits per heavy atom. The Kier molecular flexibility index (Phi) is 2.89. The average molecular weight is 183 g/mol. The summed E-state index contributed by atoms with van der Waals surface area (Å²) in [5, 5.41) is 0. The summed E-state index contributed by atoms with van der Waals surface area (Å²) in [5.41, 5.74) is 5.83. The summed E-state index contributed by atoms with van der Waals surface area (Å²) in [4.78, 5) is 0. The Morgan fingerprint density at radius 3 is 2.31 bits per heavy atom. The van der Waals surface area contributed by atoms with Crippen LogP contribution in [0.25, 0.3) is 0 Å². The third-order valence-corrected chi connectivity index (χ3v) is 3.58. The fourth-order valence-corrected chi connectivity index (χ4v) is 2.62. The molecular weight excluding hydrogens is 162 g/mol. The van der Waals surface area contributed by atoms with Crippen molar-refractivity contribution in [1.29, 1.82) is 0 Å². The molecule has 76 valence electrons. The Morgan fingerprint density at radius 2 is 1.85 bits per heavy atom. The monoisotopic (exact) mass is 183 g/mol. The van der Waals surface area contributed by atoms with E-state index in [1.54, 1.807) is 0 Å². The van der Waals surface area contributed by atoms with Crippen LogP contribution in [0.2, 0.25) is 0 Å². The van der Waals surface area contributed by atoms with Gasteiger partial charge in [0, 0.05) is 0 Å². The summed E-state index contributed by atoms with van der Waals surface area (Å²) in [6, 6.07) is 0. The largest absolute Gasteiger partial charge is 0.372 e. The molecule has 0 amide bonds. The maximum Gasteiger partial charge on any atom is 0.0698 e. The second kappa shape index (κ2) is 3.97. The molecule has 0 aliphatic heterocycles. The number of ether oxygens (including phenoxy) is 1. The highest BCUT2D eigenvalue weighted by atomic mass is 16.5. The Hall–Kier alpha value is -0.0800. The van der Waals surface area contributed by atoms with E-state index in [1.807, 2.05) is 0 Å². The number of hydrogen-bond acceptors (Lipinski definition) is 2. The van der Waals surface area contributed by atoms with Gasteiger partial charge in [0.1, 0.15) is 0 Å². The first-order valence-electron chi connectivity index (χ1n) is 5.73. The van der Waals surface area contributed by atoms with Gasteiger partial charge in [-0.25, -0.2) is 0 Å². The minimum absolute atomic E-state index is 0.212. The second-order valence-electron chi connectivity index (χ2n) is 4.60. The van der Waals surface area contributed by atoms with Crippen LogP contribution in [0, 0.1) is 0 Å². The minimum atomic E-state index is 0.212. The summed E-state index contributed by atoms with van der Waals surface area (Å²) < 4.78 is 6.20. The van der Waals surface area contributed by atoms with E-state index in [9.17, 15) is 0 Å². The fraction of sp³-hybridized carbons (Fsp3) is 1.00. The summed E-state index contributed by atoms with van der Waals surface area (Å²) in [6.45, 7) is 0.784. The van der Waals surface area contributed by atoms with E-state index >= 15 is 0 Å². The van der Waals surface area contributed by atoms with Crippen LogP contribution >= 0.6 is 0 Å². The lowest BCUT2D eigenvalue weighted by atomic mass is 9.77. The predicted octanol–water partition coefficient (Wildman–Crippen LogP) is 2.22. The van der Waals surface area contributed by atoms with E-state index in [-0.39, 0.29) is 5.60 Å². The zero-order valence-electron chi connectivity index (χ0n) is 8.43. The van der Waals surface area contributed by atoms with Crippen LogP contribution in [0.3, 0.4) is 0 Å². The molecule has 0 aromatic carbocycles. The van der Waals surface area contributed by atoms with E-state index in [2.05, 4.69) is 0 Å². The van der Waals surface area contributed by atoms with E-state index in [4.69, 9.17) is 10.5 Å². The SMILES string of the molecule is NCCC1(OC2CCCC2)CCC1. The van der Waals surface area contributed by atoms with Crippen molar-refractivity contribution in [3.8, 4) is 0 Å². The molecule has 13 heavy (non-hydrogen) atoms. The van der Waals surface area contributed by atoms with Crippen molar-refractivity contribution >= 4 is 0 Å². The molecule has 0 aromatic rings. The molecule has 2 N–H and O–H groups in total. The van der Waals surface area contributed by atoms with Gasteiger partial charge in [-0.2, -0.15) is 0 Å². The van der Waals surface area contributed by atoms with Crippen LogP contribution < -0.4 is 5.73 Å². The molecule has 2 aliphatic rings. The first-order valence-corrected chi connectivity index (χ1v) is 5.73. The maximum atomic E-state index is 6.20. The second-order valence-corrected chi connectivity index (χ2v) is 4.60. The lowest BCUT2D eigenvalue weighted by molar-refractivity contribution is -0.139. The number of hydrogen-bond donors (Lipinski definition) is 1. The Bertz CT molecular complexity index is 159. The summed E-state index contributed by atoms with van der Waals surface area (Å²) in [5.74, 6) is 0. The van der Waals surface area contributed by atoms with Gasteiger partial charge in [-0.1, -0.05) is 12.8 Å². The van der Waals surface area contributed by atoms with Crippen LogP contribution in [-0.2, 0) is 4.74 Å². The molecule has 0 spiro atoms. The van der Waals surface area contributed by atoms with Gasteiger partial charge in [0.2, 0.25) is 0 Å². The maximum absolute atomic E-state index is 6.20. The van der Waals surface area contributed by atoms with Gasteiger partial charge in [0.25, 0.3) is 0 Å². The van der Waals surface area contributed by atoms with Crippen molar-refractivity contribution in [3.63, 3.8) is 0 Å². The minimum Gasteiger partial charge on any atom is -0.372 e. The lowest BCUT2D eigenvalue weighted by Crippen LogP contribution is -2.44. The molecular formula is C11H21NO. The zero-order chi connectivity index (χ0) is 9.15. The van der Waals surface area contributed by atoms with Gasteiger partial charge >= 0.3 is 0 Å². The van der Waals surface area contributed by atoms with E-state index in [0.717, 1.165) is 13.0 Å². The van der Waals surface area contributed by atoms with Crippen molar-refractivity contribution in [3.05, 3.63) is 0 Å². The molecule has 0 atom stereocenters. The zero-order valence-corrected chi connectivity index (χ0v) is 8.43. The van der Waals surface area contributed by atoms with Gasteiger partial charge in [-0.15, -0.1) is 0 Å². The third-order valence-electron chi connectivity index (χ3n) is 3.58. The first-order chi connectivity index (χ1) is 6.35. The normalized spacial score (nSPS) is 27.5. The lowest BCUT2D eigenvalue weighted by Gasteiger charge is -2.43. The molecule has 2 saturated carbocycles. The van der Waals surface area contributed by atoms with E-state index in [1.165, 1.54) is 44.9 Å². The summed E-state index contributed by atoms with van der Waals surface area (Å²) >= 11 is 0. The Labute approximate surface area is 80.8 Å². The molecule has 0 bridgehead atoms. The van der Waals surface area contributed by atoms with Crippen molar-refractivity contribution < 1.29 is 4.74 Å². The van der Waals surface area contributed by atoms with Gasteiger partial charge in [0.05, 0.1) is 11.7 Å². The average Bonchev–Trinajstić information content (AvgIpc) is 2.53. The van der Waals surface area contributed by atoms with Gasteiger partial charge in [0.15, 0.2) is 0 Å². The molecule has 2 heteroatoms.